The summed E-state index contributed by atoms with van der Waals surface area (Å²) in [6, 6.07) is 6.09. The highest BCUT2D eigenvalue weighted by Crippen LogP contribution is 2.23. The van der Waals surface area contributed by atoms with Crippen molar-refractivity contribution in [1.29, 1.82) is 0 Å². The number of non-ortho nitro benzene ring substituents is 1. The molecule has 6 nitrogen and oxygen atoms in total. The molecule has 0 spiro atoms. The molecule has 21 heavy (non-hydrogen) atoms. The van der Waals surface area contributed by atoms with Crippen LogP contribution in [0.15, 0.2) is 24.3 Å². The summed E-state index contributed by atoms with van der Waals surface area (Å²) in [4.78, 5) is 22.6. The topological polar surface area (TPSA) is 92.5 Å². The van der Waals surface area contributed by atoms with Gasteiger partial charge in [0, 0.05) is 24.3 Å². The fourth-order valence-electron chi connectivity index (χ4n) is 2.04. The third-order valence-corrected chi connectivity index (χ3v) is 3.84. The zero-order valence-corrected chi connectivity index (χ0v) is 12.6. The summed E-state index contributed by atoms with van der Waals surface area (Å²) < 4.78 is 0. The first kappa shape index (κ1) is 17.1. The molecule has 0 radical (unpaired) electrons. The number of hydrogen-bond donors (Lipinski definition) is 2. The summed E-state index contributed by atoms with van der Waals surface area (Å²) >= 11 is 0. The van der Waals surface area contributed by atoms with E-state index >= 15 is 0 Å². The molecule has 6 heteroatoms. The molecule has 0 aromatic heterocycles. The number of nitro groups is 1. The van der Waals surface area contributed by atoms with Crippen LogP contribution in [0.2, 0.25) is 0 Å². The summed E-state index contributed by atoms with van der Waals surface area (Å²) in [7, 11) is 0. The van der Waals surface area contributed by atoms with Gasteiger partial charge in [-0.2, -0.15) is 0 Å². The van der Waals surface area contributed by atoms with Crippen LogP contribution in [0.4, 0.5) is 5.69 Å². The molecule has 0 saturated heterocycles. The van der Waals surface area contributed by atoms with Crippen LogP contribution in [0.3, 0.4) is 0 Å². The van der Waals surface area contributed by atoms with Gasteiger partial charge in [-0.1, -0.05) is 19.1 Å². The molecule has 2 atom stereocenters. The van der Waals surface area contributed by atoms with Crippen molar-refractivity contribution in [3.63, 3.8) is 0 Å². The van der Waals surface area contributed by atoms with Crippen molar-refractivity contribution in [3.8, 4) is 0 Å². The number of carbonyl (C=O) groups excluding carboxylic acids is 1. The summed E-state index contributed by atoms with van der Waals surface area (Å²) in [5.41, 5.74) is 0.103. The van der Waals surface area contributed by atoms with Crippen molar-refractivity contribution < 1.29 is 14.8 Å². The molecule has 1 amide bonds. The Morgan fingerprint density at radius 3 is 2.71 bits per heavy atom. The molecule has 0 bridgehead atoms. The van der Waals surface area contributed by atoms with Crippen molar-refractivity contribution in [3.05, 3.63) is 39.9 Å². The first-order valence-corrected chi connectivity index (χ1v) is 7.00. The minimum absolute atomic E-state index is 0.00416. The van der Waals surface area contributed by atoms with Crippen molar-refractivity contribution in [1.82, 2.24) is 5.32 Å². The molecule has 0 aliphatic rings. The van der Waals surface area contributed by atoms with Crippen LogP contribution >= 0.6 is 0 Å². The van der Waals surface area contributed by atoms with Crippen molar-refractivity contribution in [2.24, 2.45) is 0 Å². The van der Waals surface area contributed by atoms with E-state index in [1.165, 1.54) is 12.1 Å². The highest BCUT2D eigenvalue weighted by Gasteiger charge is 2.27. The smallest absolute Gasteiger partial charge is 0.269 e. The number of aliphatic hydroxyl groups excluding tert-OH is 1. The Kier molecular flexibility index (Phi) is 5.84. The minimum Gasteiger partial charge on any atom is -0.396 e. The Labute approximate surface area is 124 Å². The molecule has 0 heterocycles. The Morgan fingerprint density at radius 2 is 2.19 bits per heavy atom. The fraction of sp³-hybridized carbons (Fsp3) is 0.533. The van der Waals surface area contributed by atoms with Gasteiger partial charge in [0.2, 0.25) is 5.91 Å². The molecule has 0 fully saturated rings. The average Bonchev–Trinajstić information content (AvgIpc) is 2.46. The lowest BCUT2D eigenvalue weighted by Gasteiger charge is -2.30. The van der Waals surface area contributed by atoms with Gasteiger partial charge in [-0.15, -0.1) is 0 Å². The van der Waals surface area contributed by atoms with E-state index in [2.05, 4.69) is 5.32 Å². The van der Waals surface area contributed by atoms with Crippen LogP contribution in [-0.4, -0.2) is 28.1 Å². The maximum Gasteiger partial charge on any atom is 0.269 e. The van der Waals surface area contributed by atoms with E-state index in [4.69, 9.17) is 5.11 Å². The van der Waals surface area contributed by atoms with Crippen molar-refractivity contribution >= 4 is 11.6 Å². The van der Waals surface area contributed by atoms with E-state index in [1.54, 1.807) is 19.1 Å². The summed E-state index contributed by atoms with van der Waals surface area (Å²) in [6.45, 7) is 5.52. The summed E-state index contributed by atoms with van der Waals surface area (Å²) in [5, 5.41) is 22.8. The van der Waals surface area contributed by atoms with Crippen LogP contribution in [0.5, 0.6) is 0 Å². The molecule has 116 valence electrons. The van der Waals surface area contributed by atoms with Gasteiger partial charge >= 0.3 is 0 Å². The van der Waals surface area contributed by atoms with Gasteiger partial charge in [0.1, 0.15) is 0 Å². The standard InChI is InChI=1S/C15H22N2O4/c1-4-15(3,8-9-18)16-14(19)11(2)12-6-5-7-13(10-12)17(20)21/h5-7,10-11,18H,4,8-9H2,1-3H3,(H,16,19). The maximum atomic E-state index is 12.3. The van der Waals surface area contributed by atoms with Gasteiger partial charge in [-0.25, -0.2) is 0 Å². The van der Waals surface area contributed by atoms with Crippen LogP contribution in [-0.2, 0) is 4.79 Å². The van der Waals surface area contributed by atoms with E-state index in [1.807, 2.05) is 13.8 Å². The molecule has 2 unspecified atom stereocenters. The number of carbonyl (C=O) groups is 1. The molecule has 1 rings (SSSR count). The number of nitrogens with one attached hydrogen (secondary N) is 1. The van der Waals surface area contributed by atoms with Crippen LogP contribution in [0, 0.1) is 10.1 Å². The molecule has 0 saturated carbocycles. The third-order valence-electron chi connectivity index (χ3n) is 3.84. The Hall–Kier alpha value is -1.95. The van der Waals surface area contributed by atoms with Gasteiger partial charge in [0.25, 0.3) is 5.69 Å². The second kappa shape index (κ2) is 7.17. The highest BCUT2D eigenvalue weighted by atomic mass is 16.6. The lowest BCUT2D eigenvalue weighted by molar-refractivity contribution is -0.384. The minimum atomic E-state index is -0.491. The van der Waals surface area contributed by atoms with Crippen LogP contribution in [0.25, 0.3) is 0 Å². The van der Waals surface area contributed by atoms with Crippen LogP contribution in [0.1, 0.15) is 45.1 Å². The Balaban J connectivity index is 2.87. The summed E-state index contributed by atoms with van der Waals surface area (Å²) in [6.07, 6.45) is 1.16. The van der Waals surface area contributed by atoms with E-state index in [0.717, 1.165) is 0 Å². The van der Waals surface area contributed by atoms with Gasteiger partial charge in [0.15, 0.2) is 0 Å². The third kappa shape index (κ3) is 4.53. The van der Waals surface area contributed by atoms with Gasteiger partial charge in [-0.05, 0) is 32.3 Å². The molecule has 2 N–H and O–H groups in total. The number of hydrogen-bond acceptors (Lipinski definition) is 4. The zero-order chi connectivity index (χ0) is 16.0. The molecular formula is C15H22N2O4. The van der Waals surface area contributed by atoms with Gasteiger partial charge < -0.3 is 10.4 Å². The number of benzene rings is 1. The SMILES string of the molecule is CCC(C)(CCO)NC(=O)C(C)c1cccc([N+](=O)[O-])c1. The zero-order valence-electron chi connectivity index (χ0n) is 12.6. The predicted molar refractivity (Wildman–Crippen MR) is 80.1 cm³/mol. The molecule has 0 aliphatic heterocycles. The van der Waals surface area contributed by atoms with Crippen LogP contribution < -0.4 is 5.32 Å². The second-order valence-electron chi connectivity index (χ2n) is 5.45. The second-order valence-corrected chi connectivity index (χ2v) is 5.45. The largest absolute Gasteiger partial charge is 0.396 e. The first-order valence-electron chi connectivity index (χ1n) is 7.00. The average molecular weight is 294 g/mol. The first-order chi connectivity index (χ1) is 9.83. The van der Waals surface area contributed by atoms with Crippen molar-refractivity contribution in [2.75, 3.05) is 6.61 Å². The monoisotopic (exact) mass is 294 g/mol. The lowest BCUT2D eigenvalue weighted by atomic mass is 9.92. The molecule has 0 aliphatic carbocycles. The van der Waals surface area contributed by atoms with E-state index < -0.39 is 16.4 Å². The number of amides is 1. The van der Waals surface area contributed by atoms with E-state index in [-0.39, 0.29) is 18.2 Å². The van der Waals surface area contributed by atoms with E-state index in [0.29, 0.717) is 18.4 Å². The maximum absolute atomic E-state index is 12.3. The van der Waals surface area contributed by atoms with E-state index in [9.17, 15) is 14.9 Å². The number of nitro benzene ring substituents is 1. The van der Waals surface area contributed by atoms with Gasteiger partial charge in [-0.3, -0.25) is 14.9 Å². The van der Waals surface area contributed by atoms with Crippen molar-refractivity contribution in [2.45, 2.75) is 45.1 Å². The highest BCUT2D eigenvalue weighted by molar-refractivity contribution is 5.84. The number of rotatable bonds is 7. The molecular weight excluding hydrogens is 272 g/mol. The number of nitrogens with zero attached hydrogens (tertiary/aromatic N) is 1. The predicted octanol–water partition coefficient (Wildman–Crippen LogP) is 2.37. The number of aliphatic hydroxyl groups is 1. The van der Waals surface area contributed by atoms with Gasteiger partial charge in [0.05, 0.1) is 10.8 Å². The Morgan fingerprint density at radius 1 is 1.52 bits per heavy atom. The normalized spacial score (nSPS) is 15.0. The molecule has 1 aromatic carbocycles. The quantitative estimate of drug-likeness (QED) is 0.596. The fourth-order valence-corrected chi connectivity index (χ4v) is 2.04. The Bertz CT molecular complexity index is 518. The summed E-state index contributed by atoms with van der Waals surface area (Å²) in [5.74, 6) is -0.692. The molecule has 1 aromatic rings. The lowest BCUT2D eigenvalue weighted by Crippen LogP contribution is -2.47.